The lowest BCUT2D eigenvalue weighted by Gasteiger charge is -2.34. The fraction of sp³-hybridized carbons (Fsp3) is 0.500. The predicted molar refractivity (Wildman–Crippen MR) is 77.4 cm³/mol. The number of rotatable bonds is 3. The number of nitrogens with one attached hydrogen (secondary N) is 1. The number of hydrogen-bond donors (Lipinski definition) is 1. The number of fused-ring (bicyclic) bond motifs is 1. The van der Waals surface area contributed by atoms with Crippen molar-refractivity contribution in [3.63, 3.8) is 0 Å². The van der Waals surface area contributed by atoms with Gasteiger partial charge >= 0.3 is 0 Å². The number of carbonyl (C=O) groups is 1. The Bertz CT molecular complexity index is 447. The zero-order chi connectivity index (χ0) is 13.1. The van der Waals surface area contributed by atoms with Crippen molar-refractivity contribution in [1.82, 2.24) is 5.32 Å². The molecule has 3 nitrogen and oxygen atoms in total. The van der Waals surface area contributed by atoms with Crippen molar-refractivity contribution in [3.8, 4) is 0 Å². The molecule has 1 unspecified atom stereocenters. The van der Waals surface area contributed by atoms with Crippen molar-refractivity contribution >= 4 is 23.4 Å². The summed E-state index contributed by atoms with van der Waals surface area (Å²) in [5.41, 5.74) is 2.30. The van der Waals surface area contributed by atoms with Crippen LogP contribution in [0.3, 0.4) is 0 Å². The van der Waals surface area contributed by atoms with Crippen LogP contribution in [0.2, 0.25) is 0 Å². The van der Waals surface area contributed by atoms with E-state index in [-0.39, 0.29) is 5.91 Å². The Morgan fingerprint density at radius 1 is 1.56 bits per heavy atom. The third-order valence-corrected chi connectivity index (χ3v) is 4.26. The van der Waals surface area contributed by atoms with Crippen LogP contribution in [0.5, 0.6) is 0 Å². The van der Waals surface area contributed by atoms with Crippen LogP contribution in [0.1, 0.15) is 18.9 Å². The molecule has 0 radical (unpaired) electrons. The highest BCUT2D eigenvalue weighted by Gasteiger charge is 2.27. The highest BCUT2D eigenvalue weighted by molar-refractivity contribution is 8.00. The zero-order valence-corrected chi connectivity index (χ0v) is 12.0. The molecule has 1 N–H and O–H groups in total. The topological polar surface area (TPSA) is 32.3 Å². The number of aryl methyl sites for hydroxylation is 1. The van der Waals surface area contributed by atoms with Crippen LogP contribution in [0, 0.1) is 6.92 Å². The molecule has 1 amide bonds. The average Bonchev–Trinajstić information content (AvgIpc) is 2.35. The predicted octanol–water partition coefficient (Wildman–Crippen LogP) is 2.43. The molecule has 1 aliphatic heterocycles. The molecule has 0 saturated heterocycles. The van der Waals surface area contributed by atoms with E-state index in [0.29, 0.717) is 11.7 Å². The summed E-state index contributed by atoms with van der Waals surface area (Å²) in [5.74, 6) is 0.215. The van der Waals surface area contributed by atoms with E-state index in [1.54, 1.807) is 0 Å². The first-order chi connectivity index (χ1) is 8.63. The van der Waals surface area contributed by atoms with Gasteiger partial charge in [-0.1, -0.05) is 19.1 Å². The van der Waals surface area contributed by atoms with Crippen LogP contribution in [-0.2, 0) is 4.79 Å². The van der Waals surface area contributed by atoms with Gasteiger partial charge in [0.25, 0.3) is 0 Å². The van der Waals surface area contributed by atoms with Crippen LogP contribution < -0.4 is 10.2 Å². The SMILES string of the molecule is CNCCC(=O)N1CC(C)Sc2cccc(C)c21. The Morgan fingerprint density at radius 2 is 2.33 bits per heavy atom. The molecule has 1 atom stereocenters. The fourth-order valence-corrected chi connectivity index (χ4v) is 3.47. The van der Waals surface area contributed by atoms with E-state index in [1.165, 1.54) is 10.5 Å². The van der Waals surface area contributed by atoms with Crippen molar-refractivity contribution < 1.29 is 4.79 Å². The molecule has 1 aromatic carbocycles. The van der Waals surface area contributed by atoms with Gasteiger partial charge in [0, 0.05) is 29.7 Å². The smallest absolute Gasteiger partial charge is 0.228 e. The molecular weight excluding hydrogens is 244 g/mol. The summed E-state index contributed by atoms with van der Waals surface area (Å²) < 4.78 is 0. The first-order valence-electron chi connectivity index (χ1n) is 6.34. The Kier molecular flexibility index (Phi) is 4.30. The zero-order valence-electron chi connectivity index (χ0n) is 11.2. The quantitative estimate of drug-likeness (QED) is 0.910. The molecule has 18 heavy (non-hydrogen) atoms. The largest absolute Gasteiger partial charge is 0.319 e. The summed E-state index contributed by atoms with van der Waals surface area (Å²) in [6, 6.07) is 6.25. The van der Waals surface area contributed by atoms with E-state index in [9.17, 15) is 4.79 Å². The average molecular weight is 264 g/mol. The van der Waals surface area contributed by atoms with Crippen LogP contribution in [0.15, 0.2) is 23.1 Å². The second-order valence-corrected chi connectivity index (χ2v) is 6.19. The number of para-hydroxylation sites is 1. The van der Waals surface area contributed by atoms with Crippen molar-refractivity contribution in [2.24, 2.45) is 0 Å². The molecule has 0 saturated carbocycles. The van der Waals surface area contributed by atoms with Gasteiger partial charge in [-0.3, -0.25) is 4.79 Å². The number of anilines is 1. The highest BCUT2D eigenvalue weighted by atomic mass is 32.2. The minimum atomic E-state index is 0.215. The minimum Gasteiger partial charge on any atom is -0.319 e. The maximum absolute atomic E-state index is 12.3. The lowest BCUT2D eigenvalue weighted by atomic mass is 10.1. The Balaban J connectivity index is 2.30. The van der Waals surface area contributed by atoms with Gasteiger partial charge in [-0.25, -0.2) is 0 Å². The van der Waals surface area contributed by atoms with Gasteiger partial charge in [0.2, 0.25) is 5.91 Å². The third-order valence-electron chi connectivity index (χ3n) is 3.13. The minimum absolute atomic E-state index is 0.215. The Morgan fingerprint density at radius 3 is 3.06 bits per heavy atom. The van der Waals surface area contributed by atoms with Crippen molar-refractivity contribution in [2.45, 2.75) is 30.4 Å². The van der Waals surface area contributed by atoms with Gasteiger partial charge in [-0.15, -0.1) is 11.8 Å². The maximum atomic E-state index is 12.3. The molecule has 2 rings (SSSR count). The molecule has 1 aliphatic rings. The first kappa shape index (κ1) is 13.4. The number of hydrogen-bond acceptors (Lipinski definition) is 3. The summed E-state index contributed by atoms with van der Waals surface area (Å²) in [6.07, 6.45) is 0.557. The van der Waals surface area contributed by atoms with E-state index < -0.39 is 0 Å². The summed E-state index contributed by atoms with van der Waals surface area (Å²) in [7, 11) is 1.88. The fourth-order valence-electron chi connectivity index (χ4n) is 2.27. The third kappa shape index (κ3) is 2.70. The van der Waals surface area contributed by atoms with Gasteiger partial charge in [-0.05, 0) is 25.6 Å². The number of nitrogens with zero attached hydrogens (tertiary/aromatic N) is 1. The van der Waals surface area contributed by atoms with E-state index in [1.807, 2.05) is 23.7 Å². The van der Waals surface area contributed by atoms with E-state index >= 15 is 0 Å². The van der Waals surface area contributed by atoms with Crippen molar-refractivity contribution in [2.75, 3.05) is 25.0 Å². The lowest BCUT2D eigenvalue weighted by molar-refractivity contribution is -0.118. The van der Waals surface area contributed by atoms with Gasteiger partial charge in [0.1, 0.15) is 0 Å². The second kappa shape index (κ2) is 5.76. The standard InChI is InChI=1S/C14H20N2OS/c1-10-5-4-6-12-14(10)16(9-11(2)18-12)13(17)7-8-15-3/h4-6,11,15H,7-9H2,1-3H3. The molecule has 0 aliphatic carbocycles. The Hall–Kier alpha value is -1.00. The highest BCUT2D eigenvalue weighted by Crippen LogP contribution is 2.40. The van der Waals surface area contributed by atoms with Crippen LogP contribution in [-0.4, -0.2) is 31.3 Å². The lowest BCUT2D eigenvalue weighted by Crippen LogP contribution is -2.40. The molecule has 1 heterocycles. The Labute approximate surface area is 113 Å². The molecule has 0 fully saturated rings. The van der Waals surface area contributed by atoms with E-state index in [4.69, 9.17) is 0 Å². The summed E-state index contributed by atoms with van der Waals surface area (Å²) in [5, 5.41) is 3.49. The maximum Gasteiger partial charge on any atom is 0.228 e. The number of thioether (sulfide) groups is 1. The van der Waals surface area contributed by atoms with Crippen LogP contribution >= 0.6 is 11.8 Å². The number of carbonyl (C=O) groups excluding carboxylic acids is 1. The van der Waals surface area contributed by atoms with Crippen LogP contribution in [0.25, 0.3) is 0 Å². The van der Waals surface area contributed by atoms with Gasteiger partial charge < -0.3 is 10.2 Å². The van der Waals surface area contributed by atoms with Crippen molar-refractivity contribution in [1.29, 1.82) is 0 Å². The normalized spacial score (nSPS) is 18.6. The van der Waals surface area contributed by atoms with Crippen molar-refractivity contribution in [3.05, 3.63) is 23.8 Å². The summed E-state index contributed by atoms with van der Waals surface area (Å²) in [4.78, 5) is 15.5. The molecular formula is C14H20N2OS. The molecule has 1 aromatic rings. The van der Waals surface area contributed by atoms with Crippen LogP contribution in [0.4, 0.5) is 5.69 Å². The van der Waals surface area contributed by atoms with E-state index in [2.05, 4.69) is 37.4 Å². The summed E-state index contributed by atoms with van der Waals surface area (Å²) in [6.45, 7) is 5.80. The molecule has 0 aromatic heterocycles. The molecule has 0 bridgehead atoms. The molecule has 0 spiro atoms. The van der Waals surface area contributed by atoms with Gasteiger partial charge in [0.15, 0.2) is 0 Å². The molecule has 4 heteroatoms. The van der Waals surface area contributed by atoms with Gasteiger partial charge in [-0.2, -0.15) is 0 Å². The van der Waals surface area contributed by atoms with Gasteiger partial charge in [0.05, 0.1) is 5.69 Å². The number of benzene rings is 1. The second-order valence-electron chi connectivity index (χ2n) is 4.71. The van der Waals surface area contributed by atoms with E-state index in [0.717, 1.165) is 18.8 Å². The first-order valence-corrected chi connectivity index (χ1v) is 7.22. The number of amides is 1. The summed E-state index contributed by atoms with van der Waals surface area (Å²) >= 11 is 1.86. The monoisotopic (exact) mass is 264 g/mol. The molecule has 98 valence electrons.